The maximum absolute atomic E-state index is 5.41. The van der Waals surface area contributed by atoms with Crippen molar-refractivity contribution in [2.45, 2.75) is 0 Å². The van der Waals surface area contributed by atoms with Crippen LogP contribution in [0.2, 0.25) is 0 Å². The second-order valence-corrected chi connectivity index (χ2v) is 6.56. The molecule has 7 heteroatoms. The van der Waals surface area contributed by atoms with Crippen molar-refractivity contribution in [3.63, 3.8) is 0 Å². The van der Waals surface area contributed by atoms with Crippen molar-refractivity contribution >= 4 is 22.4 Å². The van der Waals surface area contributed by atoms with Gasteiger partial charge in [0.2, 0.25) is 5.89 Å². The molecule has 0 spiro atoms. The van der Waals surface area contributed by atoms with Crippen molar-refractivity contribution in [3.05, 3.63) is 79.5 Å². The predicted octanol–water partition coefficient (Wildman–Crippen LogP) is 5.10. The number of rotatable bonds is 5. The lowest BCUT2D eigenvalue weighted by atomic mass is 10.1. The summed E-state index contributed by atoms with van der Waals surface area (Å²) in [6.07, 6.45) is 6.65. The number of methoxy groups -OCH3 is 1. The fourth-order valence-electron chi connectivity index (χ4n) is 3.19. The van der Waals surface area contributed by atoms with Gasteiger partial charge in [0.15, 0.2) is 5.82 Å². The zero-order valence-corrected chi connectivity index (χ0v) is 16.1. The van der Waals surface area contributed by atoms with Gasteiger partial charge in [-0.25, -0.2) is 15.0 Å². The average Bonchev–Trinajstić information content (AvgIpc) is 3.35. The zero-order chi connectivity index (χ0) is 20.3. The van der Waals surface area contributed by atoms with Crippen molar-refractivity contribution < 1.29 is 9.15 Å². The highest BCUT2D eigenvalue weighted by atomic mass is 16.5. The van der Waals surface area contributed by atoms with Gasteiger partial charge in [0.25, 0.3) is 0 Å². The Labute approximate surface area is 172 Å². The number of hydrogen-bond acceptors (Lipinski definition) is 7. The Bertz CT molecular complexity index is 1300. The lowest BCUT2D eigenvalue weighted by Crippen LogP contribution is -2.00. The van der Waals surface area contributed by atoms with Crippen LogP contribution in [0.15, 0.2) is 83.9 Å². The number of pyridine rings is 1. The van der Waals surface area contributed by atoms with Crippen molar-refractivity contribution in [1.82, 2.24) is 19.9 Å². The summed E-state index contributed by atoms with van der Waals surface area (Å²) in [6, 6.07) is 17.3. The molecule has 5 aromatic rings. The Kier molecular flexibility index (Phi) is 4.53. The minimum atomic E-state index is 0.559. The molecule has 0 atom stereocenters. The number of aromatic nitrogens is 4. The first-order valence-electron chi connectivity index (χ1n) is 9.33. The molecule has 0 radical (unpaired) electrons. The molecule has 0 saturated carbocycles. The smallest absolute Gasteiger partial charge is 0.225 e. The van der Waals surface area contributed by atoms with Crippen LogP contribution in [0, 0.1) is 0 Å². The molecule has 0 aliphatic heterocycles. The van der Waals surface area contributed by atoms with Crippen molar-refractivity contribution in [1.29, 1.82) is 0 Å². The quantitative estimate of drug-likeness (QED) is 0.443. The summed E-state index contributed by atoms with van der Waals surface area (Å²) < 4.78 is 10.8. The van der Waals surface area contributed by atoms with Crippen LogP contribution < -0.4 is 10.1 Å². The molecule has 0 amide bonds. The highest BCUT2D eigenvalue weighted by molar-refractivity contribution is 5.93. The predicted molar refractivity (Wildman–Crippen MR) is 115 cm³/mol. The number of oxazole rings is 1. The lowest BCUT2D eigenvalue weighted by Gasteiger charge is -2.12. The molecule has 2 aromatic carbocycles. The number of fused-ring (bicyclic) bond motifs is 1. The summed E-state index contributed by atoms with van der Waals surface area (Å²) in [6.45, 7) is 0. The summed E-state index contributed by atoms with van der Waals surface area (Å²) >= 11 is 0. The van der Waals surface area contributed by atoms with Gasteiger partial charge in [-0.05, 0) is 48.5 Å². The van der Waals surface area contributed by atoms with E-state index in [0.29, 0.717) is 17.5 Å². The van der Waals surface area contributed by atoms with Gasteiger partial charge in [-0.2, -0.15) is 0 Å². The van der Waals surface area contributed by atoms with Crippen LogP contribution >= 0.6 is 0 Å². The molecule has 0 bridgehead atoms. The maximum atomic E-state index is 5.41. The molecule has 0 aliphatic carbocycles. The second kappa shape index (κ2) is 7.63. The fourth-order valence-corrected chi connectivity index (χ4v) is 3.19. The first-order chi connectivity index (χ1) is 14.8. The van der Waals surface area contributed by atoms with E-state index in [-0.39, 0.29) is 0 Å². The number of nitrogens with one attached hydrogen (secondary N) is 1. The van der Waals surface area contributed by atoms with Gasteiger partial charge < -0.3 is 14.5 Å². The van der Waals surface area contributed by atoms with Gasteiger partial charge in [0.1, 0.15) is 17.8 Å². The van der Waals surface area contributed by atoms with Crippen LogP contribution in [0.1, 0.15) is 0 Å². The third-order valence-electron chi connectivity index (χ3n) is 4.63. The maximum Gasteiger partial charge on any atom is 0.225 e. The van der Waals surface area contributed by atoms with E-state index in [1.807, 2.05) is 54.6 Å². The zero-order valence-electron chi connectivity index (χ0n) is 16.1. The van der Waals surface area contributed by atoms with E-state index in [4.69, 9.17) is 19.1 Å². The van der Waals surface area contributed by atoms with Gasteiger partial charge >= 0.3 is 0 Å². The van der Waals surface area contributed by atoms with Crippen LogP contribution in [0.5, 0.6) is 5.75 Å². The Morgan fingerprint density at radius 3 is 2.67 bits per heavy atom. The number of anilines is 2. The van der Waals surface area contributed by atoms with Crippen LogP contribution in [0.25, 0.3) is 33.7 Å². The van der Waals surface area contributed by atoms with Gasteiger partial charge in [0.05, 0.1) is 18.8 Å². The molecule has 0 aliphatic rings. The lowest BCUT2D eigenvalue weighted by molar-refractivity contribution is 0.415. The Morgan fingerprint density at radius 2 is 1.87 bits per heavy atom. The van der Waals surface area contributed by atoms with Gasteiger partial charge in [-0.1, -0.05) is 6.07 Å². The van der Waals surface area contributed by atoms with Crippen molar-refractivity contribution in [2.75, 3.05) is 12.4 Å². The first-order valence-corrected chi connectivity index (χ1v) is 9.33. The highest BCUT2D eigenvalue weighted by Gasteiger charge is 2.12. The van der Waals surface area contributed by atoms with Gasteiger partial charge in [-0.3, -0.25) is 4.98 Å². The molecule has 5 rings (SSSR count). The van der Waals surface area contributed by atoms with E-state index in [9.17, 15) is 0 Å². The summed E-state index contributed by atoms with van der Waals surface area (Å²) in [5.74, 6) is 2.55. The van der Waals surface area contributed by atoms with Crippen LogP contribution in [0.4, 0.5) is 11.5 Å². The minimum Gasteiger partial charge on any atom is -0.497 e. The molecule has 7 nitrogen and oxygen atoms in total. The number of ether oxygens (including phenoxy) is 1. The Hall–Kier alpha value is -4.26. The molecule has 30 heavy (non-hydrogen) atoms. The molecule has 0 unspecified atom stereocenters. The summed E-state index contributed by atoms with van der Waals surface area (Å²) in [5.41, 5.74) is 3.36. The monoisotopic (exact) mass is 395 g/mol. The minimum absolute atomic E-state index is 0.559. The summed E-state index contributed by atoms with van der Waals surface area (Å²) in [5, 5.41) is 4.26. The number of nitrogens with zero attached hydrogens (tertiary/aromatic N) is 4. The largest absolute Gasteiger partial charge is 0.497 e. The molecule has 0 saturated heterocycles. The molecule has 3 heterocycles. The highest BCUT2D eigenvalue weighted by Crippen LogP contribution is 2.31. The van der Waals surface area contributed by atoms with E-state index in [0.717, 1.165) is 33.5 Å². The first kappa shape index (κ1) is 17.8. The van der Waals surface area contributed by atoms with Crippen molar-refractivity contribution in [3.8, 4) is 28.6 Å². The number of benzene rings is 2. The van der Waals surface area contributed by atoms with Crippen LogP contribution in [-0.2, 0) is 0 Å². The average molecular weight is 395 g/mol. The molecular formula is C23H17N5O2. The SMILES string of the molecule is COc1ccc2nc(-c3cccnc3)nc(Nc3cccc(-c4ncco4)c3)c2c1. The molecule has 1 N–H and O–H groups in total. The summed E-state index contributed by atoms with van der Waals surface area (Å²) in [4.78, 5) is 17.9. The van der Waals surface area contributed by atoms with E-state index >= 15 is 0 Å². The van der Waals surface area contributed by atoms with Crippen LogP contribution in [0.3, 0.4) is 0 Å². The third-order valence-corrected chi connectivity index (χ3v) is 4.63. The normalized spacial score (nSPS) is 10.8. The molecule has 3 aromatic heterocycles. The van der Waals surface area contributed by atoms with Gasteiger partial charge in [-0.15, -0.1) is 0 Å². The van der Waals surface area contributed by atoms with Crippen LogP contribution in [-0.4, -0.2) is 27.0 Å². The Balaban J connectivity index is 1.62. The second-order valence-electron chi connectivity index (χ2n) is 6.56. The van der Waals surface area contributed by atoms with E-state index in [2.05, 4.69) is 15.3 Å². The molecule has 0 fully saturated rings. The molecular weight excluding hydrogens is 378 g/mol. The third kappa shape index (κ3) is 3.44. The Morgan fingerprint density at radius 1 is 0.933 bits per heavy atom. The standard InChI is InChI=1S/C23H17N5O2/c1-29-18-7-8-20-19(13-18)22(28-21(27-20)16-5-3-9-24-14-16)26-17-6-2-4-15(12-17)23-25-10-11-30-23/h2-14H,1H3,(H,26,27,28). The number of hydrogen-bond donors (Lipinski definition) is 1. The van der Waals surface area contributed by atoms with Crippen molar-refractivity contribution in [2.24, 2.45) is 0 Å². The topological polar surface area (TPSA) is 86.0 Å². The molecule has 146 valence electrons. The van der Waals surface area contributed by atoms with E-state index < -0.39 is 0 Å². The fraction of sp³-hybridized carbons (Fsp3) is 0.0435. The van der Waals surface area contributed by atoms with E-state index in [1.165, 1.54) is 0 Å². The van der Waals surface area contributed by atoms with Gasteiger partial charge in [0, 0.05) is 34.6 Å². The summed E-state index contributed by atoms with van der Waals surface area (Å²) in [7, 11) is 1.64. The van der Waals surface area contributed by atoms with E-state index in [1.54, 1.807) is 32.0 Å².